The number of rotatable bonds is 6. The third-order valence-electron chi connectivity index (χ3n) is 7.14. The Hall–Kier alpha value is -3.58. The predicted octanol–water partition coefficient (Wildman–Crippen LogP) is 2.82. The predicted molar refractivity (Wildman–Crippen MR) is 124 cm³/mol. The van der Waals surface area contributed by atoms with Gasteiger partial charge in [-0.15, -0.1) is 0 Å². The second-order valence-electron chi connectivity index (χ2n) is 8.93. The van der Waals surface area contributed by atoms with Crippen LogP contribution in [0.2, 0.25) is 0 Å². The molecule has 0 saturated carbocycles. The molecular formula is C26H25N3O4. The number of carbonyl (C=O) groups excluding carboxylic acids is 2. The number of nitrogens with zero attached hydrogens (tertiary/aromatic N) is 1. The highest BCUT2D eigenvalue weighted by molar-refractivity contribution is 6.03. The molecule has 1 aromatic heterocycles. The minimum Gasteiger partial charge on any atom is -0.497 e. The Balaban J connectivity index is 1.18. The Morgan fingerprint density at radius 3 is 3.03 bits per heavy atom. The fourth-order valence-electron chi connectivity index (χ4n) is 5.57. The van der Waals surface area contributed by atoms with Gasteiger partial charge in [-0.3, -0.25) is 9.59 Å². The van der Waals surface area contributed by atoms with Crippen LogP contribution in [0.25, 0.3) is 10.9 Å². The molecule has 7 nitrogen and oxygen atoms in total. The molecule has 168 valence electrons. The lowest BCUT2D eigenvalue weighted by atomic mass is 9.77. The van der Waals surface area contributed by atoms with Crippen LogP contribution in [-0.4, -0.2) is 48.7 Å². The van der Waals surface area contributed by atoms with Crippen LogP contribution in [0.4, 0.5) is 5.69 Å². The summed E-state index contributed by atoms with van der Waals surface area (Å²) in [5, 5.41) is 4.22. The van der Waals surface area contributed by atoms with Crippen LogP contribution in [0.15, 0.2) is 66.9 Å². The molecular weight excluding hydrogens is 418 g/mol. The molecule has 33 heavy (non-hydrogen) atoms. The number of H-pyrrole nitrogens is 1. The van der Waals surface area contributed by atoms with Gasteiger partial charge in [0.1, 0.15) is 11.4 Å². The van der Waals surface area contributed by atoms with Crippen LogP contribution >= 0.6 is 0 Å². The van der Waals surface area contributed by atoms with Gasteiger partial charge in [0.05, 0.1) is 31.6 Å². The largest absolute Gasteiger partial charge is 0.497 e. The maximum absolute atomic E-state index is 13.5. The van der Waals surface area contributed by atoms with E-state index in [-0.39, 0.29) is 17.9 Å². The quantitative estimate of drug-likeness (QED) is 0.574. The van der Waals surface area contributed by atoms with Crippen molar-refractivity contribution < 1.29 is 19.1 Å². The lowest BCUT2D eigenvalue weighted by Crippen LogP contribution is -2.44. The number of aromatic nitrogens is 1. The number of carbonyl (C=O) groups is 2. The molecule has 1 spiro atoms. The van der Waals surface area contributed by atoms with Crippen molar-refractivity contribution in [3.8, 4) is 5.75 Å². The van der Waals surface area contributed by atoms with E-state index in [2.05, 4.69) is 16.4 Å². The van der Waals surface area contributed by atoms with E-state index in [1.54, 1.807) is 12.0 Å². The van der Waals surface area contributed by atoms with Crippen molar-refractivity contribution in [3.05, 3.63) is 72.4 Å². The van der Waals surface area contributed by atoms with Gasteiger partial charge in [0.2, 0.25) is 11.8 Å². The number of hydrogen-bond acceptors (Lipinski definition) is 4. The summed E-state index contributed by atoms with van der Waals surface area (Å²) in [5.74, 6) is -0.571. The number of methoxy groups -OCH3 is 1. The van der Waals surface area contributed by atoms with Crippen LogP contribution < -0.4 is 15.0 Å². The standard InChI is InChI=1S/C26H25N3O4/c1-32-18-6-4-5-17(13-18)29-15-26-11-9-21(33-26)22(23(26)25(29)31)24(30)27-12-10-16-14-28-20-8-3-2-7-19(16)20/h2-9,11,13-14,21-23,28H,10,12,15H2,1H3,(H,27,30)/t21-,22+,23+,26-/m1/s1. The highest BCUT2D eigenvalue weighted by Crippen LogP contribution is 2.52. The van der Waals surface area contributed by atoms with Crippen molar-refractivity contribution in [2.75, 3.05) is 25.1 Å². The van der Waals surface area contributed by atoms with E-state index in [0.29, 0.717) is 25.3 Å². The summed E-state index contributed by atoms with van der Waals surface area (Å²) in [6.07, 6.45) is 6.24. The van der Waals surface area contributed by atoms with Crippen LogP contribution in [0.5, 0.6) is 5.75 Å². The van der Waals surface area contributed by atoms with Crippen LogP contribution in [0.1, 0.15) is 5.56 Å². The van der Waals surface area contributed by atoms with Gasteiger partial charge in [0.15, 0.2) is 0 Å². The molecule has 7 heteroatoms. The van der Waals surface area contributed by atoms with Gasteiger partial charge in [-0.2, -0.15) is 0 Å². The van der Waals surface area contributed by atoms with E-state index >= 15 is 0 Å². The summed E-state index contributed by atoms with van der Waals surface area (Å²) in [5.41, 5.74) is 2.25. The normalized spacial score (nSPS) is 27.4. The molecule has 0 unspecified atom stereocenters. The van der Waals surface area contributed by atoms with Gasteiger partial charge < -0.3 is 24.7 Å². The maximum atomic E-state index is 13.5. The second-order valence-corrected chi connectivity index (χ2v) is 8.93. The zero-order valence-corrected chi connectivity index (χ0v) is 18.3. The zero-order valence-electron chi connectivity index (χ0n) is 18.3. The van der Waals surface area contributed by atoms with Crippen molar-refractivity contribution in [2.45, 2.75) is 18.1 Å². The third kappa shape index (κ3) is 3.07. The monoisotopic (exact) mass is 443 g/mol. The minimum atomic E-state index is -0.746. The van der Waals surface area contributed by atoms with E-state index in [9.17, 15) is 9.59 Å². The summed E-state index contributed by atoms with van der Waals surface area (Å²) >= 11 is 0. The van der Waals surface area contributed by atoms with Gasteiger partial charge in [0, 0.05) is 35.4 Å². The number of hydrogen-bond donors (Lipinski definition) is 2. The van der Waals surface area contributed by atoms with E-state index in [1.165, 1.54) is 0 Å². The average molecular weight is 444 g/mol. The fourth-order valence-corrected chi connectivity index (χ4v) is 5.57. The van der Waals surface area contributed by atoms with Crippen molar-refractivity contribution in [2.24, 2.45) is 11.8 Å². The first-order valence-electron chi connectivity index (χ1n) is 11.2. The first kappa shape index (κ1) is 20.1. The number of para-hydroxylation sites is 1. The Labute approximate surface area is 191 Å². The summed E-state index contributed by atoms with van der Waals surface area (Å²) in [4.78, 5) is 31.7. The first-order chi connectivity index (χ1) is 16.1. The molecule has 3 aromatic rings. The second kappa shape index (κ2) is 7.49. The lowest BCUT2D eigenvalue weighted by Gasteiger charge is -2.23. The molecule has 3 aliphatic rings. The highest BCUT2D eigenvalue weighted by atomic mass is 16.5. The van der Waals surface area contributed by atoms with Crippen molar-refractivity contribution in [1.29, 1.82) is 0 Å². The third-order valence-corrected chi connectivity index (χ3v) is 7.14. The molecule has 4 heterocycles. The molecule has 2 amide bonds. The Bertz CT molecular complexity index is 1280. The zero-order chi connectivity index (χ0) is 22.6. The molecule has 3 aliphatic heterocycles. The fraction of sp³-hybridized carbons (Fsp3) is 0.308. The Morgan fingerprint density at radius 2 is 2.15 bits per heavy atom. The summed E-state index contributed by atoms with van der Waals surface area (Å²) in [7, 11) is 1.60. The van der Waals surface area contributed by atoms with Crippen LogP contribution in [0, 0.1) is 11.8 Å². The van der Waals surface area contributed by atoms with Crippen molar-refractivity contribution in [3.63, 3.8) is 0 Å². The summed E-state index contributed by atoms with van der Waals surface area (Å²) in [6.45, 7) is 0.900. The molecule has 0 aliphatic carbocycles. The SMILES string of the molecule is COc1cccc(N2C[C@@]34C=C[C@@H](O3)[C@H](C(=O)NCCc3c[nH]c5ccccc35)[C@H]4C2=O)c1. The maximum Gasteiger partial charge on any atom is 0.234 e. The number of nitrogens with one attached hydrogen (secondary N) is 2. The molecule has 4 atom stereocenters. The summed E-state index contributed by atoms with van der Waals surface area (Å²) in [6, 6.07) is 15.5. The van der Waals surface area contributed by atoms with Crippen molar-refractivity contribution in [1.82, 2.24) is 10.3 Å². The van der Waals surface area contributed by atoms with E-state index in [1.807, 2.05) is 60.8 Å². The molecule has 2 N–H and O–H groups in total. The number of aromatic amines is 1. The topological polar surface area (TPSA) is 83.7 Å². The highest BCUT2D eigenvalue weighted by Gasteiger charge is 2.67. The molecule has 2 fully saturated rings. The van der Waals surface area contributed by atoms with Crippen LogP contribution in [-0.2, 0) is 20.7 Å². The van der Waals surface area contributed by atoms with Crippen molar-refractivity contribution >= 4 is 28.4 Å². The van der Waals surface area contributed by atoms with E-state index in [4.69, 9.17) is 9.47 Å². The smallest absolute Gasteiger partial charge is 0.234 e. The van der Waals surface area contributed by atoms with Gasteiger partial charge >= 0.3 is 0 Å². The number of anilines is 1. The first-order valence-corrected chi connectivity index (χ1v) is 11.2. The lowest BCUT2D eigenvalue weighted by molar-refractivity contribution is -0.131. The average Bonchev–Trinajstić information content (AvgIpc) is 3.59. The van der Waals surface area contributed by atoms with Gasteiger partial charge in [-0.1, -0.05) is 36.4 Å². The van der Waals surface area contributed by atoms with Gasteiger partial charge in [0.25, 0.3) is 0 Å². The Morgan fingerprint density at radius 1 is 1.27 bits per heavy atom. The summed E-state index contributed by atoms with van der Waals surface area (Å²) < 4.78 is 11.6. The van der Waals surface area contributed by atoms with E-state index < -0.39 is 17.4 Å². The molecule has 0 radical (unpaired) electrons. The number of fused-ring (bicyclic) bond motifs is 2. The van der Waals surface area contributed by atoms with Crippen LogP contribution in [0.3, 0.4) is 0 Å². The van der Waals surface area contributed by atoms with Gasteiger partial charge in [-0.05, 0) is 30.2 Å². The molecule has 2 bridgehead atoms. The molecule has 2 aromatic carbocycles. The molecule has 6 rings (SSSR count). The number of benzene rings is 2. The Kier molecular flexibility index (Phi) is 4.55. The molecule has 2 saturated heterocycles. The van der Waals surface area contributed by atoms with E-state index in [0.717, 1.165) is 22.2 Å². The minimum absolute atomic E-state index is 0.0770. The number of amides is 2. The van der Waals surface area contributed by atoms with Gasteiger partial charge in [-0.25, -0.2) is 0 Å². The number of ether oxygens (including phenoxy) is 2.